The van der Waals surface area contributed by atoms with E-state index in [1.54, 1.807) is 0 Å². The Morgan fingerprint density at radius 2 is 1.67 bits per heavy atom. The molecule has 2 unspecified atom stereocenters. The van der Waals surface area contributed by atoms with E-state index in [1.807, 2.05) is 18.6 Å². The van der Waals surface area contributed by atoms with Gasteiger partial charge in [0.1, 0.15) is 11.7 Å². The van der Waals surface area contributed by atoms with E-state index in [0.717, 1.165) is 12.8 Å². The van der Waals surface area contributed by atoms with Crippen LogP contribution in [0.3, 0.4) is 0 Å². The first kappa shape index (κ1) is 27.9. The normalized spacial score (nSPS) is 15.5. The summed E-state index contributed by atoms with van der Waals surface area (Å²) in [5.74, 6) is -1.16. The molecule has 2 atom stereocenters. The first-order chi connectivity index (χ1) is 9.66. The average molecular weight is 338 g/mol. The minimum Gasteiger partial charge on any atom is 0 e. The van der Waals surface area contributed by atoms with E-state index in [0.29, 0.717) is 0 Å². The second-order valence-corrected chi connectivity index (χ2v) is 3.47. The number of carbonyl (C=O) groups is 2. The molecule has 0 aromatic heterocycles. The van der Waals surface area contributed by atoms with Gasteiger partial charge in [-0.05, 0) is 32.1 Å². The first-order valence-electron chi connectivity index (χ1n) is 5.36. The van der Waals surface area contributed by atoms with Gasteiger partial charge in [-0.2, -0.15) is 0 Å². The molecule has 0 aliphatic heterocycles. The molecule has 1 rings (SSSR count). The number of allylic oxidation sites excluding steroid dienone is 2. The van der Waals surface area contributed by atoms with Crippen LogP contribution < -0.4 is 0 Å². The number of ketones is 1. The quantitative estimate of drug-likeness (QED) is 0.336. The first-order valence-corrected chi connectivity index (χ1v) is 5.36. The molecular formula is C14H15CoO6. The van der Waals surface area contributed by atoms with Gasteiger partial charge in [0.15, 0.2) is 0 Å². The molecule has 1 aliphatic rings. The summed E-state index contributed by atoms with van der Waals surface area (Å²) >= 11 is 0. The van der Waals surface area contributed by atoms with Crippen LogP contribution in [-0.2, 0) is 45.1 Å². The van der Waals surface area contributed by atoms with Crippen LogP contribution in [0.25, 0.3) is 0 Å². The van der Waals surface area contributed by atoms with Gasteiger partial charge in [-0.25, -0.2) is 0 Å². The molecule has 0 N–H and O–H groups in total. The maximum atomic E-state index is 11.4. The summed E-state index contributed by atoms with van der Waals surface area (Å²) in [5, 5.41) is 0. The number of ether oxygens (including phenoxy) is 1. The molecule has 2 radical (unpaired) electrons. The van der Waals surface area contributed by atoms with Crippen LogP contribution >= 0.6 is 0 Å². The third-order valence-electron chi connectivity index (χ3n) is 2.48. The number of carbonyl (C=O) groups excluding carboxylic acids is 2. The Hall–Kier alpha value is -1.39. The maximum Gasteiger partial charge on any atom is 0 e. The summed E-state index contributed by atoms with van der Waals surface area (Å²) < 4.78 is 27.1. The molecule has 0 aromatic rings. The third kappa shape index (κ3) is 12.1. The standard InChI is InChI=1S/C11H15O3.3CO.Co/c1-8(12)10(11(13)14-2)9-6-4-3-5-7-9;3*1-2;/h3-4,6,9-10H,5,7H2,1-2H3;;;;. The molecule has 116 valence electrons. The molecule has 0 spiro atoms. The fraction of sp³-hybridized carbons (Fsp3) is 0.429. The van der Waals surface area contributed by atoms with Gasteiger partial charge < -0.3 is 4.74 Å². The Kier molecular flexibility index (Phi) is 27.8. The van der Waals surface area contributed by atoms with Crippen molar-refractivity contribution in [2.24, 2.45) is 11.8 Å². The monoisotopic (exact) mass is 338 g/mol. The van der Waals surface area contributed by atoms with Gasteiger partial charge in [0, 0.05) is 16.8 Å². The predicted octanol–water partition coefficient (Wildman–Crippen LogP) is 1.42. The minimum atomic E-state index is -0.620. The summed E-state index contributed by atoms with van der Waals surface area (Å²) in [5.41, 5.74) is 0. The average Bonchev–Trinajstić information content (AvgIpc) is 2.54. The van der Waals surface area contributed by atoms with Crippen molar-refractivity contribution in [1.82, 2.24) is 0 Å². The maximum absolute atomic E-state index is 11.4. The van der Waals surface area contributed by atoms with Crippen LogP contribution in [0.5, 0.6) is 0 Å². The second-order valence-electron chi connectivity index (χ2n) is 3.47. The van der Waals surface area contributed by atoms with Crippen molar-refractivity contribution in [3.8, 4) is 0 Å². The van der Waals surface area contributed by atoms with Gasteiger partial charge in [0.05, 0.1) is 7.11 Å². The van der Waals surface area contributed by atoms with E-state index < -0.39 is 11.9 Å². The van der Waals surface area contributed by atoms with E-state index in [4.69, 9.17) is 14.0 Å². The summed E-state index contributed by atoms with van der Waals surface area (Å²) in [4.78, 5) is 22.7. The zero-order valence-corrected chi connectivity index (χ0v) is 12.6. The van der Waals surface area contributed by atoms with Gasteiger partial charge in [-0.15, -0.1) is 0 Å². The van der Waals surface area contributed by atoms with Gasteiger partial charge in [-0.1, -0.05) is 12.2 Å². The topological polar surface area (TPSA) is 103 Å². The zero-order chi connectivity index (χ0) is 16.6. The Balaban J connectivity index is -0.000000183. The van der Waals surface area contributed by atoms with E-state index in [2.05, 4.69) is 24.7 Å². The number of Topliss-reactive ketones (excluding diaryl/α,β-unsaturated/α-hetero) is 1. The van der Waals surface area contributed by atoms with E-state index in [9.17, 15) is 9.59 Å². The fourth-order valence-corrected chi connectivity index (χ4v) is 1.75. The predicted molar refractivity (Wildman–Crippen MR) is 64.1 cm³/mol. The Bertz CT molecular complexity index is 355. The van der Waals surface area contributed by atoms with Crippen LogP contribution in [0.4, 0.5) is 0 Å². The van der Waals surface area contributed by atoms with Crippen molar-refractivity contribution < 1.29 is 45.1 Å². The molecule has 0 saturated heterocycles. The Labute approximate surface area is 134 Å². The number of hydrogen-bond acceptors (Lipinski definition) is 3. The van der Waals surface area contributed by atoms with Gasteiger partial charge in [0.25, 0.3) is 0 Å². The summed E-state index contributed by atoms with van der Waals surface area (Å²) in [6.07, 6.45) is 7.61. The zero-order valence-electron chi connectivity index (χ0n) is 11.6. The molecular weight excluding hydrogens is 323 g/mol. The van der Waals surface area contributed by atoms with Crippen molar-refractivity contribution >= 4 is 11.8 Å². The number of rotatable bonds is 3. The van der Waals surface area contributed by atoms with Crippen LogP contribution in [0.2, 0.25) is 0 Å². The minimum absolute atomic E-state index is 0. The third-order valence-corrected chi connectivity index (χ3v) is 2.48. The number of esters is 1. The van der Waals surface area contributed by atoms with Crippen molar-refractivity contribution in [3.05, 3.63) is 38.5 Å². The smallest absolute Gasteiger partial charge is 0 e. The summed E-state index contributed by atoms with van der Waals surface area (Å²) in [6, 6.07) is 0. The van der Waals surface area contributed by atoms with Crippen LogP contribution in [0.15, 0.2) is 12.2 Å². The van der Waals surface area contributed by atoms with Gasteiger partial charge in [0.2, 0.25) is 0 Å². The molecule has 0 aromatic carbocycles. The summed E-state index contributed by atoms with van der Waals surface area (Å²) in [7, 11) is 1.32. The molecule has 0 saturated carbocycles. The molecule has 0 heterocycles. The number of methoxy groups -OCH3 is 1. The van der Waals surface area contributed by atoms with Crippen LogP contribution in [-0.4, -0.2) is 18.9 Å². The van der Waals surface area contributed by atoms with Crippen LogP contribution in [0, 0.1) is 38.2 Å². The van der Waals surface area contributed by atoms with E-state index in [-0.39, 0.29) is 28.5 Å². The number of hydrogen-bond donors (Lipinski definition) is 0. The van der Waals surface area contributed by atoms with Gasteiger partial charge in [-0.3, -0.25) is 9.59 Å². The van der Waals surface area contributed by atoms with Gasteiger partial charge >= 0.3 is 39.9 Å². The summed E-state index contributed by atoms with van der Waals surface area (Å²) in [6.45, 7) is 14.9. The molecule has 7 heteroatoms. The largest absolute Gasteiger partial charge is 0 e. The van der Waals surface area contributed by atoms with Crippen molar-refractivity contribution in [2.75, 3.05) is 7.11 Å². The molecule has 1 aliphatic carbocycles. The SMILES string of the molecule is COC(=O)C(C(C)=O)C1[CH]C=CCC1.[C-]#[O+].[C-]#[O+].[C-]#[O+].[Co]. The Morgan fingerprint density at radius 3 is 1.95 bits per heavy atom. The van der Waals surface area contributed by atoms with Crippen molar-refractivity contribution in [1.29, 1.82) is 0 Å². The van der Waals surface area contributed by atoms with Crippen molar-refractivity contribution in [2.45, 2.75) is 19.8 Å². The fourth-order valence-electron chi connectivity index (χ4n) is 1.75. The molecule has 0 amide bonds. The van der Waals surface area contributed by atoms with Crippen molar-refractivity contribution in [3.63, 3.8) is 0 Å². The molecule has 0 bridgehead atoms. The molecule has 6 nitrogen and oxygen atoms in total. The van der Waals surface area contributed by atoms with E-state index >= 15 is 0 Å². The second kappa shape index (κ2) is 20.9. The van der Waals surface area contributed by atoms with E-state index in [1.165, 1.54) is 14.0 Å². The Morgan fingerprint density at radius 1 is 1.19 bits per heavy atom. The molecule has 21 heavy (non-hydrogen) atoms. The molecule has 0 fully saturated rings. The van der Waals surface area contributed by atoms with Crippen LogP contribution in [0.1, 0.15) is 19.8 Å².